The predicted molar refractivity (Wildman–Crippen MR) is 51.6 cm³/mol. The molecule has 1 aromatic rings. The van der Waals surface area contributed by atoms with E-state index in [9.17, 15) is 9.90 Å². The quantitative estimate of drug-likeness (QED) is 0.447. The third-order valence-electron chi connectivity index (χ3n) is 1.52. The van der Waals surface area contributed by atoms with E-state index in [1.54, 1.807) is 0 Å². The summed E-state index contributed by atoms with van der Waals surface area (Å²) in [7, 11) is 1.25. The summed E-state index contributed by atoms with van der Waals surface area (Å²) in [4.78, 5) is 11.1. The van der Waals surface area contributed by atoms with Crippen LogP contribution >= 0.6 is 15.9 Å². The Morgan fingerprint density at radius 1 is 1.62 bits per heavy atom. The second-order valence-electron chi connectivity index (χ2n) is 2.38. The Hall–Kier alpha value is -1.23. The first kappa shape index (κ1) is 9.85. The van der Waals surface area contributed by atoms with Crippen LogP contribution in [-0.4, -0.2) is 18.2 Å². The van der Waals surface area contributed by atoms with E-state index < -0.39 is 5.97 Å². The van der Waals surface area contributed by atoms with Crippen LogP contribution in [0.15, 0.2) is 16.6 Å². The highest BCUT2D eigenvalue weighted by atomic mass is 79.9. The van der Waals surface area contributed by atoms with Crippen molar-refractivity contribution in [3.63, 3.8) is 0 Å². The first-order valence-corrected chi connectivity index (χ1v) is 4.22. The fourth-order valence-corrected chi connectivity index (χ4v) is 1.23. The molecule has 1 rings (SSSR count). The number of rotatable bonds is 1. The predicted octanol–water partition coefficient (Wildman–Crippen LogP) is 1.52. The largest absolute Gasteiger partial charge is 0.507 e. The first-order chi connectivity index (χ1) is 6.06. The number of benzene rings is 1. The van der Waals surface area contributed by atoms with Crippen LogP contribution in [0.1, 0.15) is 10.4 Å². The van der Waals surface area contributed by atoms with Gasteiger partial charge in [0, 0.05) is 5.69 Å². The number of ether oxygens (including phenoxy) is 1. The summed E-state index contributed by atoms with van der Waals surface area (Å²) in [5.41, 5.74) is 5.94. The monoisotopic (exact) mass is 245 g/mol. The van der Waals surface area contributed by atoms with Crippen molar-refractivity contribution < 1.29 is 14.6 Å². The Bertz CT molecular complexity index is 351. The highest BCUT2D eigenvalue weighted by Gasteiger charge is 2.12. The van der Waals surface area contributed by atoms with Crippen molar-refractivity contribution in [1.29, 1.82) is 0 Å². The van der Waals surface area contributed by atoms with Gasteiger partial charge in [-0.25, -0.2) is 4.79 Å². The number of methoxy groups -OCH3 is 1. The van der Waals surface area contributed by atoms with Gasteiger partial charge in [-0.15, -0.1) is 0 Å². The number of hydrogen-bond acceptors (Lipinski definition) is 4. The molecule has 13 heavy (non-hydrogen) atoms. The fraction of sp³-hybridized carbons (Fsp3) is 0.125. The number of halogens is 1. The number of hydrogen-bond donors (Lipinski definition) is 2. The summed E-state index contributed by atoms with van der Waals surface area (Å²) in [5, 5.41) is 9.26. The molecular weight excluding hydrogens is 238 g/mol. The zero-order valence-corrected chi connectivity index (χ0v) is 8.46. The van der Waals surface area contributed by atoms with Crippen LogP contribution < -0.4 is 5.73 Å². The Balaban J connectivity index is 3.23. The summed E-state index contributed by atoms with van der Waals surface area (Å²) >= 11 is 3.07. The van der Waals surface area contributed by atoms with Gasteiger partial charge in [0.1, 0.15) is 5.75 Å². The van der Waals surface area contributed by atoms with Gasteiger partial charge in [-0.1, -0.05) is 0 Å². The number of nitrogen functional groups attached to an aromatic ring is 1. The molecule has 70 valence electrons. The topological polar surface area (TPSA) is 72.5 Å². The second-order valence-corrected chi connectivity index (χ2v) is 3.24. The van der Waals surface area contributed by atoms with Crippen LogP contribution in [0.25, 0.3) is 0 Å². The lowest BCUT2D eigenvalue weighted by atomic mass is 10.2. The van der Waals surface area contributed by atoms with Gasteiger partial charge in [0.15, 0.2) is 0 Å². The zero-order chi connectivity index (χ0) is 10.0. The lowest BCUT2D eigenvalue weighted by Crippen LogP contribution is -2.05. The van der Waals surface area contributed by atoms with E-state index in [1.165, 1.54) is 19.2 Å². The van der Waals surface area contributed by atoms with Gasteiger partial charge in [-0.2, -0.15) is 0 Å². The van der Waals surface area contributed by atoms with E-state index in [1.807, 2.05) is 0 Å². The van der Waals surface area contributed by atoms with Crippen LogP contribution in [-0.2, 0) is 4.74 Å². The molecule has 3 N–H and O–H groups in total. The third kappa shape index (κ3) is 1.92. The molecule has 0 aromatic heterocycles. The van der Waals surface area contributed by atoms with E-state index >= 15 is 0 Å². The average Bonchev–Trinajstić information content (AvgIpc) is 2.10. The van der Waals surface area contributed by atoms with Gasteiger partial charge in [0.25, 0.3) is 0 Å². The summed E-state index contributed by atoms with van der Waals surface area (Å²) in [6.07, 6.45) is 0. The van der Waals surface area contributed by atoms with Crippen molar-refractivity contribution in [2.24, 2.45) is 0 Å². The maximum absolute atomic E-state index is 11.1. The Kier molecular flexibility index (Phi) is 2.77. The number of carbonyl (C=O) groups is 1. The van der Waals surface area contributed by atoms with Gasteiger partial charge >= 0.3 is 5.97 Å². The molecule has 0 saturated heterocycles. The number of esters is 1. The molecule has 0 bridgehead atoms. The van der Waals surface area contributed by atoms with Gasteiger partial charge in [0.05, 0.1) is 17.1 Å². The van der Waals surface area contributed by atoms with Crippen molar-refractivity contribution in [1.82, 2.24) is 0 Å². The Morgan fingerprint density at radius 2 is 2.23 bits per heavy atom. The molecule has 0 unspecified atom stereocenters. The van der Waals surface area contributed by atoms with Crippen molar-refractivity contribution in [3.8, 4) is 5.75 Å². The summed E-state index contributed by atoms with van der Waals surface area (Å²) in [5.74, 6) is -0.616. The maximum atomic E-state index is 11.1. The van der Waals surface area contributed by atoms with Gasteiger partial charge in [0.2, 0.25) is 0 Å². The van der Waals surface area contributed by atoms with Crippen molar-refractivity contribution in [2.75, 3.05) is 12.8 Å². The summed E-state index contributed by atoms with van der Waals surface area (Å²) in [6, 6.07) is 2.70. The molecule has 0 atom stereocenters. The molecule has 5 heteroatoms. The van der Waals surface area contributed by atoms with Crippen molar-refractivity contribution in [2.45, 2.75) is 0 Å². The molecule has 4 nitrogen and oxygen atoms in total. The molecule has 0 spiro atoms. The minimum atomic E-state index is -0.569. The molecule has 0 radical (unpaired) electrons. The molecule has 0 aliphatic carbocycles. The van der Waals surface area contributed by atoms with E-state index in [2.05, 4.69) is 20.7 Å². The second kappa shape index (κ2) is 3.66. The number of phenols is 1. The molecule has 0 amide bonds. The summed E-state index contributed by atoms with van der Waals surface area (Å²) < 4.78 is 4.91. The zero-order valence-electron chi connectivity index (χ0n) is 6.87. The van der Waals surface area contributed by atoms with Crippen LogP contribution in [0, 0.1) is 0 Å². The number of nitrogens with two attached hydrogens (primary N) is 1. The molecule has 0 fully saturated rings. The minimum Gasteiger partial charge on any atom is -0.507 e. The fourth-order valence-electron chi connectivity index (χ4n) is 0.864. The SMILES string of the molecule is COC(=O)c1cc(O)c(Br)cc1N. The van der Waals surface area contributed by atoms with Crippen LogP contribution in [0.2, 0.25) is 0 Å². The number of anilines is 1. The molecule has 0 aliphatic heterocycles. The molecular formula is C8H8BrNO3. The smallest absolute Gasteiger partial charge is 0.340 e. The molecule has 0 saturated carbocycles. The molecule has 0 heterocycles. The van der Waals surface area contributed by atoms with E-state index in [-0.39, 0.29) is 17.0 Å². The standard InChI is InChI=1S/C8H8BrNO3/c1-13-8(12)4-2-7(11)5(9)3-6(4)10/h2-3,11H,10H2,1H3. The van der Waals surface area contributed by atoms with Crippen LogP contribution in [0.3, 0.4) is 0 Å². The average molecular weight is 246 g/mol. The third-order valence-corrected chi connectivity index (χ3v) is 2.16. The van der Waals surface area contributed by atoms with Gasteiger partial charge in [-0.3, -0.25) is 0 Å². The van der Waals surface area contributed by atoms with E-state index in [0.717, 1.165) is 0 Å². The van der Waals surface area contributed by atoms with Crippen molar-refractivity contribution >= 4 is 27.6 Å². The number of aromatic hydroxyl groups is 1. The van der Waals surface area contributed by atoms with E-state index in [0.29, 0.717) is 4.47 Å². The Labute approximate surface area is 83.4 Å². The minimum absolute atomic E-state index is 0.0467. The van der Waals surface area contributed by atoms with Gasteiger partial charge in [-0.05, 0) is 28.1 Å². The Morgan fingerprint density at radius 3 is 2.77 bits per heavy atom. The lowest BCUT2D eigenvalue weighted by Gasteiger charge is -2.05. The maximum Gasteiger partial charge on any atom is 0.340 e. The van der Waals surface area contributed by atoms with Gasteiger partial charge < -0.3 is 15.6 Å². The molecule has 1 aromatic carbocycles. The van der Waals surface area contributed by atoms with Crippen LogP contribution in [0.5, 0.6) is 5.75 Å². The highest BCUT2D eigenvalue weighted by Crippen LogP contribution is 2.29. The summed E-state index contributed by atoms with van der Waals surface area (Å²) in [6.45, 7) is 0. The first-order valence-electron chi connectivity index (χ1n) is 3.42. The lowest BCUT2D eigenvalue weighted by molar-refractivity contribution is 0.0601. The highest BCUT2D eigenvalue weighted by molar-refractivity contribution is 9.10. The number of phenolic OH excluding ortho intramolecular Hbond substituents is 1. The number of carbonyl (C=O) groups excluding carboxylic acids is 1. The van der Waals surface area contributed by atoms with E-state index in [4.69, 9.17) is 5.73 Å². The molecule has 0 aliphatic rings. The normalized spacial score (nSPS) is 9.69. The van der Waals surface area contributed by atoms with Crippen molar-refractivity contribution in [3.05, 3.63) is 22.2 Å². The van der Waals surface area contributed by atoms with Crippen LogP contribution in [0.4, 0.5) is 5.69 Å².